The van der Waals surface area contributed by atoms with E-state index in [1.807, 2.05) is 25.1 Å². The van der Waals surface area contributed by atoms with Gasteiger partial charge < -0.3 is 4.90 Å². The van der Waals surface area contributed by atoms with Gasteiger partial charge in [0.25, 0.3) is 10.0 Å². The minimum atomic E-state index is -4.05. The van der Waals surface area contributed by atoms with Gasteiger partial charge in [0.2, 0.25) is 0 Å². The first-order valence-corrected chi connectivity index (χ1v) is 12.9. The van der Waals surface area contributed by atoms with Crippen LogP contribution >= 0.6 is 0 Å². The lowest BCUT2D eigenvalue weighted by Crippen LogP contribution is -2.49. The van der Waals surface area contributed by atoms with E-state index in [1.165, 1.54) is 23.3 Å². The second-order valence-corrected chi connectivity index (χ2v) is 10.5. The molecule has 8 heteroatoms. The van der Waals surface area contributed by atoms with E-state index in [2.05, 4.69) is 30.7 Å². The Morgan fingerprint density at radius 2 is 1.74 bits per heavy atom. The third kappa shape index (κ3) is 5.15. The number of hydrogen-bond donors (Lipinski definition) is 1. The van der Waals surface area contributed by atoms with Crippen LogP contribution in [0, 0.1) is 32.1 Å². The summed E-state index contributed by atoms with van der Waals surface area (Å²) in [6.45, 7) is 7.56. The molecule has 0 aromatic heterocycles. The van der Waals surface area contributed by atoms with Crippen molar-refractivity contribution in [2.75, 3.05) is 22.7 Å². The Balaban J connectivity index is 1.64. The molecule has 0 radical (unpaired) electrons. The van der Waals surface area contributed by atoms with Gasteiger partial charge in [0.15, 0.2) is 0 Å². The van der Waals surface area contributed by atoms with Crippen molar-refractivity contribution in [3.8, 4) is 6.07 Å². The molecule has 4 rings (SSSR count). The van der Waals surface area contributed by atoms with Crippen LogP contribution in [0.2, 0.25) is 0 Å². The Bertz CT molecular complexity index is 1430. The molecule has 2 amide bonds. The molecule has 1 fully saturated rings. The Kier molecular flexibility index (Phi) is 6.81. The van der Waals surface area contributed by atoms with Crippen LogP contribution < -0.4 is 9.62 Å². The van der Waals surface area contributed by atoms with E-state index in [0.717, 1.165) is 17.5 Å². The fourth-order valence-corrected chi connectivity index (χ4v) is 5.46. The zero-order chi connectivity index (χ0) is 25.2. The molecule has 0 aliphatic carbocycles. The van der Waals surface area contributed by atoms with E-state index in [1.54, 1.807) is 34.1 Å². The molecule has 0 spiro atoms. The zero-order valence-corrected chi connectivity index (χ0v) is 20.9. The molecule has 0 bridgehead atoms. The van der Waals surface area contributed by atoms with Gasteiger partial charge in [-0.25, -0.2) is 13.2 Å². The summed E-state index contributed by atoms with van der Waals surface area (Å²) in [7, 11) is -4.05. The topological polar surface area (TPSA) is 93.5 Å². The predicted octanol–water partition coefficient (Wildman–Crippen LogP) is 5.12. The van der Waals surface area contributed by atoms with Crippen LogP contribution in [0.25, 0.3) is 0 Å². The van der Waals surface area contributed by atoms with Crippen LogP contribution in [0.5, 0.6) is 0 Å². The zero-order valence-electron chi connectivity index (χ0n) is 20.1. The van der Waals surface area contributed by atoms with Gasteiger partial charge in [0.1, 0.15) is 11.0 Å². The average molecular weight is 489 g/mol. The van der Waals surface area contributed by atoms with Gasteiger partial charge in [-0.2, -0.15) is 5.26 Å². The maximum absolute atomic E-state index is 13.5. The molecule has 1 saturated heterocycles. The van der Waals surface area contributed by atoms with E-state index in [4.69, 9.17) is 0 Å². The number of hydrogen-bond acceptors (Lipinski definition) is 4. The number of carbonyl (C=O) groups is 1. The number of aryl methyl sites for hydroxylation is 3. The fourth-order valence-electron chi connectivity index (χ4n) is 4.23. The van der Waals surface area contributed by atoms with Crippen LogP contribution in [0.3, 0.4) is 0 Å². The van der Waals surface area contributed by atoms with Crippen LogP contribution in [0.4, 0.5) is 16.2 Å². The molecular formula is C27H28N4O3S. The number of anilines is 2. The maximum Gasteiger partial charge on any atom is 0.324 e. The number of amides is 2. The molecule has 180 valence electrons. The van der Waals surface area contributed by atoms with Gasteiger partial charge in [-0.05, 0) is 73.7 Å². The molecule has 0 unspecified atom stereocenters. The molecule has 0 saturated carbocycles. The monoisotopic (exact) mass is 488 g/mol. The van der Waals surface area contributed by atoms with E-state index in [-0.39, 0.29) is 16.5 Å². The molecule has 3 aromatic carbocycles. The van der Waals surface area contributed by atoms with Crippen molar-refractivity contribution in [1.29, 1.82) is 5.26 Å². The quantitative estimate of drug-likeness (QED) is 0.521. The highest BCUT2D eigenvalue weighted by molar-refractivity contribution is 7.92. The highest BCUT2D eigenvalue weighted by Gasteiger charge is 2.30. The number of nitrogens with one attached hydrogen (secondary N) is 1. The minimum Gasteiger partial charge on any atom is -0.320 e. The second kappa shape index (κ2) is 9.80. The lowest BCUT2D eigenvalue weighted by molar-refractivity contribution is 0.192. The van der Waals surface area contributed by atoms with E-state index in [9.17, 15) is 18.5 Å². The molecule has 1 heterocycles. The van der Waals surface area contributed by atoms with Gasteiger partial charge in [0.05, 0.1) is 16.9 Å². The minimum absolute atomic E-state index is 0.0582. The maximum atomic E-state index is 13.5. The number of nitriles is 1. The van der Waals surface area contributed by atoms with Crippen molar-refractivity contribution >= 4 is 27.4 Å². The number of urea groups is 1. The van der Waals surface area contributed by atoms with Crippen molar-refractivity contribution in [3.05, 3.63) is 88.5 Å². The highest BCUT2D eigenvalue weighted by Crippen LogP contribution is 2.32. The number of nitrogens with zero attached hydrogens (tertiary/aromatic N) is 3. The van der Waals surface area contributed by atoms with Crippen molar-refractivity contribution in [2.24, 2.45) is 0 Å². The van der Waals surface area contributed by atoms with Gasteiger partial charge in [-0.3, -0.25) is 9.62 Å². The lowest BCUT2D eigenvalue weighted by atomic mass is 10.1. The summed E-state index contributed by atoms with van der Waals surface area (Å²) < 4.78 is 29.0. The smallest absolute Gasteiger partial charge is 0.320 e. The van der Waals surface area contributed by atoms with E-state index >= 15 is 0 Å². The van der Waals surface area contributed by atoms with E-state index < -0.39 is 10.0 Å². The molecule has 1 N–H and O–H groups in total. The van der Waals surface area contributed by atoms with Gasteiger partial charge in [-0.15, -0.1) is 0 Å². The highest BCUT2D eigenvalue weighted by atomic mass is 32.2. The summed E-state index contributed by atoms with van der Waals surface area (Å²) in [5, 5.41) is 9.37. The molecule has 35 heavy (non-hydrogen) atoms. The standard InChI is InChI=1S/C27H28N4O3S/c1-19-9-12-25(24(15-19)29-35(33,34)26-8-5-4-7-23(26)17-28)31-14-6-13-30(27(31)32)18-22-11-10-20(2)21(3)16-22/h4-5,7-12,15-16,29H,6,13-14,18H2,1-3H3. The van der Waals surface area contributed by atoms with Crippen molar-refractivity contribution < 1.29 is 13.2 Å². The summed E-state index contributed by atoms with van der Waals surface area (Å²) in [5.41, 5.74) is 5.13. The Morgan fingerprint density at radius 3 is 2.49 bits per heavy atom. The molecule has 0 atom stereocenters. The summed E-state index contributed by atoms with van der Waals surface area (Å²) in [5.74, 6) is 0. The van der Waals surface area contributed by atoms with Crippen molar-refractivity contribution in [2.45, 2.75) is 38.6 Å². The van der Waals surface area contributed by atoms with Crippen LogP contribution in [-0.4, -0.2) is 32.4 Å². The normalized spacial score (nSPS) is 14.1. The Morgan fingerprint density at radius 1 is 0.971 bits per heavy atom. The van der Waals surface area contributed by atoms with Gasteiger partial charge >= 0.3 is 6.03 Å². The Hall–Kier alpha value is -3.83. The largest absolute Gasteiger partial charge is 0.324 e. The predicted molar refractivity (Wildman–Crippen MR) is 137 cm³/mol. The SMILES string of the molecule is Cc1ccc(N2CCCN(Cc3ccc(C)c(C)c3)C2=O)c(NS(=O)(=O)c2ccccc2C#N)c1. The second-order valence-electron chi connectivity index (χ2n) is 8.86. The summed E-state index contributed by atoms with van der Waals surface area (Å²) in [6.07, 6.45) is 0.758. The average Bonchev–Trinajstić information content (AvgIpc) is 2.83. The third-order valence-electron chi connectivity index (χ3n) is 6.24. The van der Waals surface area contributed by atoms with Gasteiger partial charge in [0, 0.05) is 19.6 Å². The summed E-state index contributed by atoms with van der Waals surface area (Å²) in [4.78, 5) is 16.8. The first-order chi connectivity index (χ1) is 16.7. The first-order valence-electron chi connectivity index (χ1n) is 11.4. The molecular weight excluding hydrogens is 460 g/mol. The number of carbonyl (C=O) groups excluding carboxylic acids is 1. The molecule has 1 aliphatic heterocycles. The van der Waals surface area contributed by atoms with Gasteiger partial charge in [-0.1, -0.05) is 36.4 Å². The third-order valence-corrected chi connectivity index (χ3v) is 7.66. The summed E-state index contributed by atoms with van der Waals surface area (Å²) in [6, 6.07) is 19.3. The van der Waals surface area contributed by atoms with Crippen LogP contribution in [0.15, 0.2) is 65.6 Å². The number of sulfonamides is 1. The first kappa shape index (κ1) is 24.3. The van der Waals surface area contributed by atoms with Crippen LogP contribution in [0.1, 0.15) is 34.2 Å². The van der Waals surface area contributed by atoms with Crippen LogP contribution in [-0.2, 0) is 16.6 Å². The molecule has 1 aliphatic rings. The van der Waals surface area contributed by atoms with E-state index in [0.29, 0.717) is 31.0 Å². The number of rotatable bonds is 6. The Labute approximate surface area is 206 Å². The molecule has 3 aromatic rings. The van der Waals surface area contributed by atoms with Crippen molar-refractivity contribution in [3.63, 3.8) is 0 Å². The summed E-state index contributed by atoms with van der Waals surface area (Å²) >= 11 is 0. The molecule has 7 nitrogen and oxygen atoms in total. The number of benzene rings is 3. The van der Waals surface area contributed by atoms with Crippen molar-refractivity contribution in [1.82, 2.24) is 4.90 Å². The fraction of sp³-hybridized carbons (Fsp3) is 0.259. The lowest BCUT2D eigenvalue weighted by Gasteiger charge is -2.36.